The highest BCUT2D eigenvalue weighted by molar-refractivity contribution is 7.91. The summed E-state index contributed by atoms with van der Waals surface area (Å²) in [6.07, 6.45) is 9.93. The molecule has 63 heavy (non-hydrogen) atoms. The van der Waals surface area contributed by atoms with E-state index in [4.69, 9.17) is 24.3 Å². The van der Waals surface area contributed by atoms with Crippen LogP contribution in [0.15, 0.2) is 66.7 Å². The molecule has 4 amide bonds. The predicted octanol–water partition coefficient (Wildman–Crippen LogP) is 5.73. The molecule has 2 aromatic heterocycles. The number of hydrogen-bond donors (Lipinski definition) is 3. The molecule has 2 aromatic carbocycles. The van der Waals surface area contributed by atoms with Gasteiger partial charge in [-0.2, -0.15) is 9.61 Å². The Morgan fingerprint density at radius 2 is 1.71 bits per heavy atom. The molecule has 3 saturated carbocycles. The number of amides is 4. The molecule has 1 saturated heterocycles. The zero-order chi connectivity index (χ0) is 43.9. The molecule has 5 aliphatic rings. The summed E-state index contributed by atoms with van der Waals surface area (Å²) in [5, 5.41) is 10.8. The molecule has 0 unspecified atom stereocenters. The molecule has 0 spiro atoms. The first-order valence-corrected chi connectivity index (χ1v) is 24.0. The van der Waals surface area contributed by atoms with Crippen LogP contribution in [0.1, 0.15) is 97.3 Å². The highest BCUT2D eigenvalue weighted by atomic mass is 32.2. The summed E-state index contributed by atoms with van der Waals surface area (Å²) in [5.41, 5.74) is 1.10. The lowest BCUT2D eigenvalue weighted by Gasteiger charge is -2.30. The van der Waals surface area contributed by atoms with Gasteiger partial charge in [0.15, 0.2) is 5.65 Å². The molecule has 2 aliphatic heterocycles. The molecule has 16 nitrogen and oxygen atoms in total. The van der Waals surface area contributed by atoms with Crippen molar-refractivity contribution in [1.82, 2.24) is 34.9 Å². The van der Waals surface area contributed by atoms with Crippen molar-refractivity contribution in [2.75, 3.05) is 6.54 Å². The maximum absolute atomic E-state index is 14.8. The molecule has 0 radical (unpaired) electrons. The molecule has 17 heteroatoms. The van der Waals surface area contributed by atoms with Crippen LogP contribution in [0.3, 0.4) is 0 Å². The van der Waals surface area contributed by atoms with Crippen molar-refractivity contribution in [3.8, 4) is 22.9 Å². The Morgan fingerprint density at radius 1 is 0.937 bits per heavy atom. The first kappa shape index (κ1) is 42.6. The van der Waals surface area contributed by atoms with Gasteiger partial charge >= 0.3 is 6.09 Å². The number of hydrogen-bond acceptors (Lipinski definition) is 11. The summed E-state index contributed by atoms with van der Waals surface area (Å²) in [7, 11) is -3.92. The Kier molecular flexibility index (Phi) is 11.8. The Bertz CT molecular complexity index is 2540. The molecular formula is C46H55N7O9S. The lowest BCUT2D eigenvalue weighted by molar-refractivity contribution is -0.141. The van der Waals surface area contributed by atoms with Gasteiger partial charge in [0.05, 0.1) is 29.1 Å². The summed E-state index contributed by atoms with van der Waals surface area (Å²) < 4.78 is 48.3. The minimum Gasteiger partial charge on any atom is -0.491 e. The highest BCUT2D eigenvalue weighted by Gasteiger charge is 2.62. The number of ether oxygens (including phenoxy) is 3. The number of allylic oxidation sites excluding steroid dienone is 1. The quantitative estimate of drug-likeness (QED) is 0.165. The molecule has 3 N–H and O–H groups in total. The van der Waals surface area contributed by atoms with Gasteiger partial charge in [0, 0.05) is 35.4 Å². The number of carbonyl (C=O) groups excluding carboxylic acids is 4. The van der Waals surface area contributed by atoms with Crippen molar-refractivity contribution in [2.24, 2.45) is 5.92 Å². The van der Waals surface area contributed by atoms with Crippen LogP contribution >= 0.6 is 0 Å². The number of fused-ring (bicyclic) bond motifs is 5. The van der Waals surface area contributed by atoms with Crippen molar-refractivity contribution < 1.29 is 41.8 Å². The van der Waals surface area contributed by atoms with Crippen LogP contribution in [-0.4, -0.2) is 99.5 Å². The number of benzene rings is 2. The third kappa shape index (κ3) is 9.20. The van der Waals surface area contributed by atoms with Gasteiger partial charge in [0.25, 0.3) is 5.91 Å². The largest absolute Gasteiger partial charge is 0.491 e. The monoisotopic (exact) mass is 881 g/mol. The zero-order valence-corrected chi connectivity index (χ0v) is 36.5. The maximum Gasteiger partial charge on any atom is 0.408 e. The number of carbonyl (C=O) groups is 4. The van der Waals surface area contributed by atoms with E-state index in [2.05, 4.69) is 15.4 Å². The van der Waals surface area contributed by atoms with Crippen LogP contribution < -0.4 is 24.8 Å². The van der Waals surface area contributed by atoms with Crippen molar-refractivity contribution in [1.29, 1.82) is 0 Å². The van der Waals surface area contributed by atoms with Crippen molar-refractivity contribution in [3.63, 3.8) is 0 Å². The lowest BCUT2D eigenvalue weighted by Crippen LogP contribution is -2.58. The fraction of sp³-hybridized carbons (Fsp3) is 0.522. The molecule has 4 aromatic rings. The normalized spacial score (nSPS) is 26.3. The summed E-state index contributed by atoms with van der Waals surface area (Å²) in [4.78, 5) is 63.2. The van der Waals surface area contributed by atoms with Crippen LogP contribution in [0.5, 0.6) is 11.6 Å². The Labute approximate surface area is 366 Å². The first-order valence-electron chi connectivity index (χ1n) is 22.4. The van der Waals surface area contributed by atoms with Gasteiger partial charge in [0.1, 0.15) is 35.6 Å². The van der Waals surface area contributed by atoms with E-state index in [9.17, 15) is 27.6 Å². The molecule has 3 aliphatic carbocycles. The maximum atomic E-state index is 14.8. The molecule has 0 bridgehead atoms. The van der Waals surface area contributed by atoms with E-state index in [0.29, 0.717) is 60.6 Å². The van der Waals surface area contributed by atoms with Gasteiger partial charge in [-0.15, -0.1) is 0 Å². The van der Waals surface area contributed by atoms with Gasteiger partial charge in [-0.05, 0) is 90.2 Å². The summed E-state index contributed by atoms with van der Waals surface area (Å²) in [6, 6.07) is 14.9. The van der Waals surface area contributed by atoms with Crippen molar-refractivity contribution >= 4 is 50.4 Å². The van der Waals surface area contributed by atoms with Gasteiger partial charge in [-0.25, -0.2) is 18.2 Å². The molecule has 5 atom stereocenters. The Morgan fingerprint density at radius 3 is 2.48 bits per heavy atom. The number of nitrogens with zero attached hydrogens (tertiary/aromatic N) is 4. The molecular weight excluding hydrogens is 827 g/mol. The average molecular weight is 882 g/mol. The molecule has 4 heterocycles. The van der Waals surface area contributed by atoms with Gasteiger partial charge < -0.3 is 29.7 Å². The minimum atomic E-state index is -3.92. The summed E-state index contributed by atoms with van der Waals surface area (Å²) >= 11 is 0. The van der Waals surface area contributed by atoms with Crippen LogP contribution in [0, 0.1) is 5.92 Å². The number of aromatic nitrogens is 3. The first-order chi connectivity index (χ1) is 30.4. The smallest absolute Gasteiger partial charge is 0.408 e. The molecule has 4 fully saturated rings. The second kappa shape index (κ2) is 17.5. The van der Waals surface area contributed by atoms with E-state index < -0.39 is 68.7 Å². The highest BCUT2D eigenvalue weighted by Crippen LogP contribution is 2.46. The molecule has 334 valence electrons. The summed E-state index contributed by atoms with van der Waals surface area (Å²) in [6.45, 7) is 3.86. The van der Waals surface area contributed by atoms with E-state index in [1.807, 2.05) is 74.5 Å². The summed E-state index contributed by atoms with van der Waals surface area (Å²) in [5.74, 6) is -1.37. The lowest BCUT2D eigenvalue weighted by atomic mass is 10.0. The van der Waals surface area contributed by atoms with E-state index in [-0.39, 0.29) is 31.6 Å². The number of nitrogens with one attached hydrogen (secondary N) is 3. The molecule has 9 rings (SSSR count). The SMILES string of the molecule is CC(C)Oc1ccc2c(c1)nn1c(O[C@@H]3C[C@H]4C(=O)N[C@]5(C(=O)NS(=O)(=O)C6CC6)C[C@@H]5/C=C\CCCCC[C@H](NC(=O)OC5CCCC5)C(=O)N4C3)cc(-c3ccccc3)nc21. The minimum absolute atomic E-state index is 0.0209. The van der Waals surface area contributed by atoms with Crippen LogP contribution in [0.25, 0.3) is 27.8 Å². The van der Waals surface area contributed by atoms with E-state index >= 15 is 0 Å². The van der Waals surface area contributed by atoms with Crippen molar-refractivity contribution in [2.45, 2.75) is 139 Å². The Hall–Kier alpha value is -5.71. The van der Waals surface area contributed by atoms with E-state index in [1.54, 1.807) is 10.6 Å². The number of sulfonamides is 1. The van der Waals surface area contributed by atoms with Gasteiger partial charge in [0.2, 0.25) is 27.7 Å². The van der Waals surface area contributed by atoms with Crippen LogP contribution in [0.4, 0.5) is 4.79 Å². The number of rotatable bonds is 10. The van der Waals surface area contributed by atoms with E-state index in [0.717, 1.165) is 49.5 Å². The fourth-order valence-electron chi connectivity index (χ4n) is 9.18. The van der Waals surface area contributed by atoms with Crippen LogP contribution in [0.2, 0.25) is 0 Å². The van der Waals surface area contributed by atoms with Gasteiger partial charge in [-0.3, -0.25) is 19.1 Å². The number of alkyl carbamates (subject to hydrolysis) is 1. The second-order valence-electron chi connectivity index (χ2n) is 17.9. The van der Waals surface area contributed by atoms with Crippen molar-refractivity contribution in [3.05, 3.63) is 66.7 Å². The zero-order valence-electron chi connectivity index (χ0n) is 35.7. The fourth-order valence-corrected chi connectivity index (χ4v) is 10.5. The third-order valence-corrected chi connectivity index (χ3v) is 14.6. The predicted molar refractivity (Wildman–Crippen MR) is 233 cm³/mol. The van der Waals surface area contributed by atoms with Crippen LogP contribution in [-0.2, 0) is 29.1 Å². The third-order valence-electron chi connectivity index (χ3n) is 12.8. The average Bonchev–Trinajstić information content (AvgIpc) is 4.07. The van der Waals surface area contributed by atoms with E-state index in [1.165, 1.54) is 4.90 Å². The van der Waals surface area contributed by atoms with Gasteiger partial charge in [-0.1, -0.05) is 55.3 Å². The second-order valence-corrected chi connectivity index (χ2v) is 19.9. The standard InChI is InChI=1S/C46H55N7O9S/c1-28(2)60-32-19-22-35-38(23-32)50-53-40(25-37(47-41(35)53)29-13-7-6-8-14-29)61-33-24-39-42(54)49-46(44(56)51-63(58,59)34-20-21-34)26-30(46)15-9-4-3-5-10-18-36(43(55)52(39)27-33)48-45(57)62-31-16-11-12-17-31/h6-9,13-15,19,22-23,25,28,30-31,33-34,36,39H,3-5,10-12,16-18,20-21,24,26-27H2,1-2H3,(H,48,57)(H,49,54)(H,51,56)/b15-9-/t30-,33+,36-,39-,46+/m0/s1. The Balaban J connectivity index is 1.06. The topological polar surface area (TPSA) is 200 Å².